The van der Waals surface area contributed by atoms with Gasteiger partial charge in [0, 0.05) is 12.1 Å². The first kappa shape index (κ1) is 12.7. The van der Waals surface area contributed by atoms with Gasteiger partial charge in [0.05, 0.1) is 0 Å². The quantitative estimate of drug-likeness (QED) is 0.873. The number of nitrogens with one attached hydrogen (secondary N) is 2. The third-order valence-corrected chi connectivity index (χ3v) is 3.81. The number of fused-ring (bicyclic) bond motifs is 1. The number of hydrogen-bond acceptors (Lipinski definition) is 2. The van der Waals surface area contributed by atoms with E-state index in [9.17, 15) is 9.59 Å². The lowest BCUT2D eigenvalue weighted by Gasteiger charge is -2.22. The molecule has 2 amide bonds. The maximum absolute atomic E-state index is 12.3. The van der Waals surface area contributed by atoms with Crippen LogP contribution < -0.4 is 10.6 Å². The molecule has 1 fully saturated rings. The smallest absolute Gasteiger partial charge is 0.252 e. The lowest BCUT2D eigenvalue weighted by Crippen LogP contribution is -2.51. The van der Waals surface area contributed by atoms with Crippen molar-refractivity contribution in [1.29, 1.82) is 0 Å². The number of hydrogen-bond donors (Lipinski definition) is 2. The molecule has 1 atom stereocenters. The highest BCUT2D eigenvalue weighted by atomic mass is 16.2. The SMILES string of the molecule is CC1(NC(=O)c2ccc3ccccc3c2)CCNC1=O. The molecule has 0 aliphatic carbocycles. The minimum atomic E-state index is -0.803. The molecular weight excluding hydrogens is 252 g/mol. The highest BCUT2D eigenvalue weighted by Crippen LogP contribution is 2.19. The molecule has 1 unspecified atom stereocenters. The molecule has 2 N–H and O–H groups in total. The van der Waals surface area contributed by atoms with Crippen LogP contribution in [0.15, 0.2) is 42.5 Å². The topological polar surface area (TPSA) is 58.2 Å². The van der Waals surface area contributed by atoms with Gasteiger partial charge in [-0.2, -0.15) is 0 Å². The van der Waals surface area contributed by atoms with Crippen molar-refractivity contribution in [2.24, 2.45) is 0 Å². The zero-order valence-corrected chi connectivity index (χ0v) is 11.3. The van der Waals surface area contributed by atoms with Gasteiger partial charge in [-0.1, -0.05) is 30.3 Å². The maximum Gasteiger partial charge on any atom is 0.252 e. The van der Waals surface area contributed by atoms with Crippen LogP contribution in [0.4, 0.5) is 0 Å². The zero-order chi connectivity index (χ0) is 14.2. The van der Waals surface area contributed by atoms with E-state index in [0.717, 1.165) is 10.8 Å². The van der Waals surface area contributed by atoms with Crippen molar-refractivity contribution in [2.45, 2.75) is 18.9 Å². The van der Waals surface area contributed by atoms with Gasteiger partial charge in [-0.05, 0) is 36.2 Å². The summed E-state index contributed by atoms with van der Waals surface area (Å²) < 4.78 is 0. The zero-order valence-electron chi connectivity index (χ0n) is 11.3. The molecule has 1 saturated heterocycles. The number of carbonyl (C=O) groups is 2. The summed E-state index contributed by atoms with van der Waals surface area (Å²) in [4.78, 5) is 24.1. The van der Waals surface area contributed by atoms with Crippen LogP contribution in [-0.2, 0) is 4.79 Å². The number of benzene rings is 2. The first-order valence-electron chi connectivity index (χ1n) is 6.68. The Balaban J connectivity index is 1.87. The summed E-state index contributed by atoms with van der Waals surface area (Å²) in [6, 6.07) is 13.4. The van der Waals surface area contributed by atoms with E-state index >= 15 is 0 Å². The van der Waals surface area contributed by atoms with E-state index in [1.807, 2.05) is 36.4 Å². The van der Waals surface area contributed by atoms with Crippen LogP contribution in [0.2, 0.25) is 0 Å². The Hall–Kier alpha value is -2.36. The largest absolute Gasteiger partial charge is 0.354 e. The van der Waals surface area contributed by atoms with Gasteiger partial charge < -0.3 is 10.6 Å². The molecule has 102 valence electrons. The molecule has 2 aromatic rings. The molecule has 1 aliphatic rings. The van der Waals surface area contributed by atoms with Gasteiger partial charge in [0.15, 0.2) is 0 Å². The summed E-state index contributed by atoms with van der Waals surface area (Å²) in [5.74, 6) is -0.332. The highest BCUT2D eigenvalue weighted by Gasteiger charge is 2.39. The Morgan fingerprint density at radius 2 is 1.95 bits per heavy atom. The van der Waals surface area contributed by atoms with E-state index in [2.05, 4.69) is 10.6 Å². The summed E-state index contributed by atoms with van der Waals surface area (Å²) in [5.41, 5.74) is -0.229. The monoisotopic (exact) mass is 268 g/mol. The second-order valence-electron chi connectivity index (χ2n) is 5.35. The normalized spacial score (nSPS) is 21.8. The molecule has 1 heterocycles. The van der Waals surface area contributed by atoms with Crippen molar-refractivity contribution in [3.05, 3.63) is 48.0 Å². The summed E-state index contributed by atoms with van der Waals surface area (Å²) >= 11 is 0. The van der Waals surface area contributed by atoms with Gasteiger partial charge >= 0.3 is 0 Å². The van der Waals surface area contributed by atoms with E-state index in [1.165, 1.54) is 0 Å². The molecule has 0 bridgehead atoms. The highest BCUT2D eigenvalue weighted by molar-refractivity contribution is 6.02. The van der Waals surface area contributed by atoms with Crippen LogP contribution >= 0.6 is 0 Å². The summed E-state index contributed by atoms with van der Waals surface area (Å²) in [6.45, 7) is 2.36. The fraction of sp³-hybridized carbons (Fsp3) is 0.250. The molecule has 0 spiro atoms. The Labute approximate surface area is 117 Å². The number of amides is 2. The van der Waals surface area contributed by atoms with Gasteiger partial charge in [-0.3, -0.25) is 9.59 Å². The first-order chi connectivity index (χ1) is 9.58. The van der Waals surface area contributed by atoms with Gasteiger partial charge in [0.25, 0.3) is 5.91 Å². The average molecular weight is 268 g/mol. The van der Waals surface area contributed by atoms with Crippen LogP contribution in [0.5, 0.6) is 0 Å². The molecule has 0 aromatic heterocycles. The second kappa shape index (κ2) is 4.63. The van der Waals surface area contributed by atoms with Crippen molar-refractivity contribution in [2.75, 3.05) is 6.54 Å². The fourth-order valence-electron chi connectivity index (χ4n) is 2.51. The minimum absolute atomic E-state index is 0.119. The molecule has 4 heteroatoms. The van der Waals surface area contributed by atoms with Crippen molar-refractivity contribution in [3.63, 3.8) is 0 Å². The molecule has 0 radical (unpaired) electrons. The fourth-order valence-corrected chi connectivity index (χ4v) is 2.51. The summed E-state index contributed by atoms with van der Waals surface area (Å²) in [7, 11) is 0. The van der Waals surface area contributed by atoms with E-state index < -0.39 is 5.54 Å². The Morgan fingerprint density at radius 1 is 1.20 bits per heavy atom. The summed E-state index contributed by atoms with van der Waals surface area (Å²) in [5, 5.41) is 7.68. The van der Waals surface area contributed by atoms with Crippen LogP contribution in [-0.4, -0.2) is 23.9 Å². The second-order valence-corrected chi connectivity index (χ2v) is 5.35. The predicted molar refractivity (Wildman–Crippen MR) is 77.4 cm³/mol. The molecule has 2 aromatic carbocycles. The van der Waals surface area contributed by atoms with E-state index in [4.69, 9.17) is 0 Å². The van der Waals surface area contributed by atoms with Crippen LogP contribution in [0.25, 0.3) is 10.8 Å². The Morgan fingerprint density at radius 3 is 2.65 bits per heavy atom. The average Bonchev–Trinajstić information content (AvgIpc) is 2.77. The van der Waals surface area contributed by atoms with Gasteiger partial charge in [0.1, 0.15) is 5.54 Å². The first-order valence-corrected chi connectivity index (χ1v) is 6.68. The summed E-state index contributed by atoms with van der Waals surface area (Å²) in [6.07, 6.45) is 0.616. The van der Waals surface area contributed by atoms with Gasteiger partial charge in [-0.25, -0.2) is 0 Å². The van der Waals surface area contributed by atoms with Crippen molar-refractivity contribution < 1.29 is 9.59 Å². The molecular formula is C16H16N2O2. The van der Waals surface area contributed by atoms with Crippen molar-refractivity contribution in [3.8, 4) is 0 Å². The third-order valence-electron chi connectivity index (χ3n) is 3.81. The predicted octanol–water partition coefficient (Wildman–Crippen LogP) is 1.85. The molecule has 3 rings (SSSR count). The van der Waals surface area contributed by atoms with E-state index in [0.29, 0.717) is 18.5 Å². The molecule has 0 saturated carbocycles. The molecule has 1 aliphatic heterocycles. The third kappa shape index (κ3) is 2.13. The molecule has 20 heavy (non-hydrogen) atoms. The lowest BCUT2D eigenvalue weighted by molar-refractivity contribution is -0.123. The lowest BCUT2D eigenvalue weighted by atomic mass is 9.99. The number of carbonyl (C=O) groups excluding carboxylic acids is 2. The maximum atomic E-state index is 12.3. The Kier molecular flexibility index (Phi) is 2.93. The van der Waals surface area contributed by atoms with Gasteiger partial charge in [-0.15, -0.1) is 0 Å². The van der Waals surface area contributed by atoms with Crippen LogP contribution in [0, 0.1) is 0 Å². The van der Waals surface area contributed by atoms with Crippen molar-refractivity contribution >= 4 is 22.6 Å². The van der Waals surface area contributed by atoms with E-state index in [-0.39, 0.29) is 11.8 Å². The van der Waals surface area contributed by atoms with Crippen molar-refractivity contribution in [1.82, 2.24) is 10.6 Å². The Bertz CT molecular complexity index is 696. The van der Waals surface area contributed by atoms with Crippen LogP contribution in [0.3, 0.4) is 0 Å². The van der Waals surface area contributed by atoms with Crippen LogP contribution in [0.1, 0.15) is 23.7 Å². The van der Waals surface area contributed by atoms with Gasteiger partial charge in [0.2, 0.25) is 5.91 Å². The standard InChI is InChI=1S/C16H16N2O2/c1-16(8-9-17-15(16)20)18-14(19)13-7-6-11-4-2-3-5-12(11)10-13/h2-7,10H,8-9H2,1H3,(H,17,20)(H,18,19). The van der Waals surface area contributed by atoms with E-state index in [1.54, 1.807) is 13.0 Å². The molecule has 4 nitrogen and oxygen atoms in total. The minimum Gasteiger partial charge on any atom is -0.354 e. The number of rotatable bonds is 2.